The zero-order chi connectivity index (χ0) is 12.4. The molecule has 17 heavy (non-hydrogen) atoms. The second-order valence-corrected chi connectivity index (χ2v) is 4.84. The minimum atomic E-state index is -0.125. The Morgan fingerprint density at radius 3 is 2.82 bits per heavy atom. The summed E-state index contributed by atoms with van der Waals surface area (Å²) in [7, 11) is 1.86. The second-order valence-electron chi connectivity index (χ2n) is 3.99. The van der Waals surface area contributed by atoms with Crippen LogP contribution >= 0.6 is 23.2 Å². The molecule has 2 N–H and O–H groups in total. The van der Waals surface area contributed by atoms with Crippen molar-refractivity contribution in [3.05, 3.63) is 51.8 Å². The van der Waals surface area contributed by atoms with Gasteiger partial charge in [0, 0.05) is 34.9 Å². The SMILES string of the molecule is Cn1cc(C(N)Cc2cc(Cl)ccc2Cl)cn1. The number of aromatic nitrogens is 2. The molecule has 3 nitrogen and oxygen atoms in total. The Bertz CT molecular complexity index is 522. The smallest absolute Gasteiger partial charge is 0.0537 e. The van der Waals surface area contributed by atoms with E-state index in [1.54, 1.807) is 23.0 Å². The van der Waals surface area contributed by atoms with E-state index in [1.165, 1.54) is 0 Å². The maximum Gasteiger partial charge on any atom is 0.0537 e. The fourth-order valence-corrected chi connectivity index (χ4v) is 2.08. The van der Waals surface area contributed by atoms with E-state index < -0.39 is 0 Å². The summed E-state index contributed by atoms with van der Waals surface area (Å²) in [5.74, 6) is 0. The zero-order valence-corrected chi connectivity index (χ0v) is 10.9. The summed E-state index contributed by atoms with van der Waals surface area (Å²) in [4.78, 5) is 0. The first-order chi connectivity index (χ1) is 8.06. The summed E-state index contributed by atoms with van der Waals surface area (Å²) in [6, 6.07) is 5.28. The molecule has 0 saturated carbocycles. The minimum absolute atomic E-state index is 0.125. The monoisotopic (exact) mass is 269 g/mol. The molecule has 0 bridgehead atoms. The van der Waals surface area contributed by atoms with Crippen molar-refractivity contribution < 1.29 is 0 Å². The van der Waals surface area contributed by atoms with E-state index in [2.05, 4.69) is 5.10 Å². The highest BCUT2D eigenvalue weighted by atomic mass is 35.5. The van der Waals surface area contributed by atoms with Crippen molar-refractivity contribution in [2.75, 3.05) is 0 Å². The largest absolute Gasteiger partial charge is 0.324 e. The lowest BCUT2D eigenvalue weighted by Crippen LogP contribution is -2.13. The molecule has 2 aromatic rings. The van der Waals surface area contributed by atoms with Crippen LogP contribution in [0.1, 0.15) is 17.2 Å². The maximum absolute atomic E-state index is 6.10. The number of halogens is 2. The van der Waals surface area contributed by atoms with Crippen LogP contribution in [0.2, 0.25) is 10.0 Å². The summed E-state index contributed by atoms with van der Waals surface area (Å²) in [5.41, 5.74) is 8.05. The van der Waals surface area contributed by atoms with Gasteiger partial charge in [0.05, 0.1) is 6.20 Å². The van der Waals surface area contributed by atoms with Gasteiger partial charge >= 0.3 is 0 Å². The first-order valence-electron chi connectivity index (χ1n) is 5.24. The molecule has 90 valence electrons. The Balaban J connectivity index is 2.18. The van der Waals surface area contributed by atoms with Gasteiger partial charge in [0.2, 0.25) is 0 Å². The summed E-state index contributed by atoms with van der Waals surface area (Å²) in [6.07, 6.45) is 4.32. The van der Waals surface area contributed by atoms with Gasteiger partial charge in [-0.2, -0.15) is 5.10 Å². The molecule has 1 aromatic carbocycles. The molecule has 0 fully saturated rings. The van der Waals surface area contributed by atoms with Crippen LogP contribution in [0.15, 0.2) is 30.6 Å². The summed E-state index contributed by atoms with van der Waals surface area (Å²) in [6.45, 7) is 0. The average molecular weight is 270 g/mol. The van der Waals surface area contributed by atoms with Crippen molar-refractivity contribution in [1.29, 1.82) is 0 Å². The van der Waals surface area contributed by atoms with Crippen LogP contribution in [0.5, 0.6) is 0 Å². The highest BCUT2D eigenvalue weighted by Gasteiger charge is 2.11. The lowest BCUT2D eigenvalue weighted by molar-refractivity contribution is 0.717. The third kappa shape index (κ3) is 3.00. The standard InChI is InChI=1S/C12H13Cl2N3/c1-17-7-9(6-16-17)12(15)5-8-4-10(13)2-3-11(8)14/h2-4,6-7,12H,5,15H2,1H3. The van der Waals surface area contributed by atoms with E-state index in [0.717, 1.165) is 11.1 Å². The average Bonchev–Trinajstić information content (AvgIpc) is 2.70. The van der Waals surface area contributed by atoms with Crippen molar-refractivity contribution in [1.82, 2.24) is 9.78 Å². The van der Waals surface area contributed by atoms with Crippen LogP contribution in [0.4, 0.5) is 0 Å². The fourth-order valence-electron chi connectivity index (χ4n) is 1.69. The number of nitrogens with zero attached hydrogens (tertiary/aromatic N) is 2. The molecule has 0 saturated heterocycles. The molecule has 0 aliphatic rings. The van der Waals surface area contributed by atoms with Crippen molar-refractivity contribution >= 4 is 23.2 Å². The Morgan fingerprint density at radius 2 is 2.18 bits per heavy atom. The quantitative estimate of drug-likeness (QED) is 0.931. The molecular formula is C12H13Cl2N3. The predicted octanol–water partition coefficient (Wildman–Crippen LogP) is 2.97. The lowest BCUT2D eigenvalue weighted by Gasteiger charge is -2.11. The van der Waals surface area contributed by atoms with Crippen LogP contribution in [0.25, 0.3) is 0 Å². The van der Waals surface area contributed by atoms with Gasteiger partial charge in [-0.1, -0.05) is 23.2 Å². The Morgan fingerprint density at radius 1 is 1.41 bits per heavy atom. The van der Waals surface area contributed by atoms with E-state index >= 15 is 0 Å². The first kappa shape index (κ1) is 12.4. The van der Waals surface area contributed by atoms with Crippen molar-refractivity contribution in [3.63, 3.8) is 0 Å². The third-order valence-electron chi connectivity index (χ3n) is 2.60. The van der Waals surface area contributed by atoms with Crippen molar-refractivity contribution in [3.8, 4) is 0 Å². The molecule has 0 amide bonds. The number of benzene rings is 1. The third-order valence-corrected chi connectivity index (χ3v) is 3.20. The van der Waals surface area contributed by atoms with Crippen LogP contribution in [-0.2, 0) is 13.5 Å². The van der Waals surface area contributed by atoms with Crippen LogP contribution in [0, 0.1) is 0 Å². The van der Waals surface area contributed by atoms with Gasteiger partial charge in [0.25, 0.3) is 0 Å². The predicted molar refractivity (Wildman–Crippen MR) is 70.3 cm³/mol. The molecule has 1 aromatic heterocycles. The molecule has 2 rings (SSSR count). The van der Waals surface area contributed by atoms with E-state index in [-0.39, 0.29) is 6.04 Å². The molecule has 1 atom stereocenters. The van der Waals surface area contributed by atoms with Gasteiger partial charge in [-0.3, -0.25) is 4.68 Å². The molecule has 0 radical (unpaired) electrons. The van der Waals surface area contributed by atoms with E-state index in [1.807, 2.05) is 19.3 Å². The number of hydrogen-bond acceptors (Lipinski definition) is 2. The van der Waals surface area contributed by atoms with Crippen LogP contribution in [0.3, 0.4) is 0 Å². The molecule has 0 aliphatic heterocycles. The van der Waals surface area contributed by atoms with Gasteiger partial charge < -0.3 is 5.73 Å². The molecule has 0 spiro atoms. The van der Waals surface area contributed by atoms with Gasteiger partial charge in [-0.05, 0) is 30.2 Å². The van der Waals surface area contributed by atoms with Gasteiger partial charge in [0.1, 0.15) is 0 Å². The minimum Gasteiger partial charge on any atom is -0.324 e. The van der Waals surface area contributed by atoms with E-state index in [0.29, 0.717) is 16.5 Å². The Hall–Kier alpha value is -1.03. The number of hydrogen-bond donors (Lipinski definition) is 1. The van der Waals surface area contributed by atoms with Gasteiger partial charge in [0.15, 0.2) is 0 Å². The first-order valence-corrected chi connectivity index (χ1v) is 6.00. The highest BCUT2D eigenvalue weighted by molar-refractivity contribution is 6.33. The molecule has 1 unspecified atom stereocenters. The molecule has 1 heterocycles. The topological polar surface area (TPSA) is 43.8 Å². The van der Waals surface area contributed by atoms with Gasteiger partial charge in [-0.25, -0.2) is 0 Å². The lowest BCUT2D eigenvalue weighted by atomic mass is 10.0. The summed E-state index contributed by atoms with van der Waals surface area (Å²) < 4.78 is 1.73. The van der Waals surface area contributed by atoms with Crippen LogP contribution in [-0.4, -0.2) is 9.78 Å². The molecule has 0 aliphatic carbocycles. The second kappa shape index (κ2) is 5.08. The number of aryl methyl sites for hydroxylation is 1. The van der Waals surface area contributed by atoms with E-state index in [4.69, 9.17) is 28.9 Å². The normalized spacial score (nSPS) is 12.7. The number of rotatable bonds is 3. The van der Waals surface area contributed by atoms with Crippen molar-refractivity contribution in [2.24, 2.45) is 12.8 Å². The number of nitrogens with two attached hydrogens (primary N) is 1. The fraction of sp³-hybridized carbons (Fsp3) is 0.250. The van der Waals surface area contributed by atoms with Crippen molar-refractivity contribution in [2.45, 2.75) is 12.5 Å². The van der Waals surface area contributed by atoms with Crippen LogP contribution < -0.4 is 5.73 Å². The highest BCUT2D eigenvalue weighted by Crippen LogP contribution is 2.24. The molecular weight excluding hydrogens is 257 g/mol. The Labute approximate surface area is 110 Å². The summed E-state index contributed by atoms with van der Waals surface area (Å²) in [5, 5.41) is 5.45. The summed E-state index contributed by atoms with van der Waals surface area (Å²) >= 11 is 12.0. The maximum atomic E-state index is 6.10. The zero-order valence-electron chi connectivity index (χ0n) is 9.40. The van der Waals surface area contributed by atoms with E-state index in [9.17, 15) is 0 Å². The van der Waals surface area contributed by atoms with Gasteiger partial charge in [-0.15, -0.1) is 0 Å². The molecule has 5 heteroatoms. The Kier molecular flexibility index (Phi) is 3.72.